The molecule has 0 radical (unpaired) electrons. The van der Waals surface area contributed by atoms with E-state index in [4.69, 9.17) is 5.73 Å². The number of nitrogens with one attached hydrogen (secondary N) is 3. The summed E-state index contributed by atoms with van der Waals surface area (Å²) in [5.74, 6) is -0.144. The van der Waals surface area contributed by atoms with Crippen LogP contribution in [0.2, 0.25) is 0 Å². The number of anilines is 3. The molecule has 11 heteroatoms. The lowest BCUT2D eigenvalue weighted by Crippen LogP contribution is -2.20. The Hall–Kier alpha value is -2.63. The minimum Gasteiger partial charge on any atom is -0.755 e. The number of nitrogens with two attached hydrogens (primary N) is 1. The fourth-order valence-corrected chi connectivity index (χ4v) is 3.51. The van der Waals surface area contributed by atoms with Gasteiger partial charge in [-0.15, -0.1) is 0 Å². The first-order chi connectivity index (χ1) is 12.2. The zero-order valence-corrected chi connectivity index (χ0v) is 15.1. The SMILES string of the molecule is NC(=O)Nc1ccc(NS(=O)(=O)CCc2ccc(NS(=O)[O-])cc2)cc1. The Morgan fingerprint density at radius 2 is 1.54 bits per heavy atom. The molecule has 0 aliphatic rings. The monoisotopic (exact) mass is 397 g/mol. The van der Waals surface area contributed by atoms with Gasteiger partial charge in [-0.05, 0) is 48.4 Å². The van der Waals surface area contributed by atoms with E-state index in [1.54, 1.807) is 24.3 Å². The van der Waals surface area contributed by atoms with Crippen molar-refractivity contribution in [2.24, 2.45) is 5.73 Å². The third kappa shape index (κ3) is 6.70. The third-order valence-corrected chi connectivity index (χ3v) is 4.93. The van der Waals surface area contributed by atoms with Crippen LogP contribution in [0.3, 0.4) is 0 Å². The fourth-order valence-electron chi connectivity index (χ4n) is 2.08. The normalized spacial score (nSPS) is 12.2. The van der Waals surface area contributed by atoms with Gasteiger partial charge in [-0.3, -0.25) is 8.93 Å². The molecule has 2 aromatic carbocycles. The molecular weight excluding hydrogens is 380 g/mol. The van der Waals surface area contributed by atoms with E-state index < -0.39 is 27.3 Å². The van der Waals surface area contributed by atoms with E-state index in [1.807, 2.05) is 0 Å². The molecule has 0 bridgehead atoms. The van der Waals surface area contributed by atoms with Crippen molar-refractivity contribution in [3.63, 3.8) is 0 Å². The number of primary amides is 1. The minimum atomic E-state index is -3.57. The summed E-state index contributed by atoms with van der Waals surface area (Å²) in [6.07, 6.45) is 0.261. The van der Waals surface area contributed by atoms with Crippen LogP contribution in [0.1, 0.15) is 5.56 Å². The summed E-state index contributed by atoms with van der Waals surface area (Å²) in [7, 11) is -3.57. The van der Waals surface area contributed by atoms with Crippen LogP contribution in [0.15, 0.2) is 48.5 Å². The molecule has 140 valence electrons. The first-order valence-electron chi connectivity index (χ1n) is 7.35. The number of sulfonamides is 1. The smallest absolute Gasteiger partial charge is 0.316 e. The molecule has 0 saturated carbocycles. The van der Waals surface area contributed by atoms with Crippen LogP contribution in [0.25, 0.3) is 0 Å². The second-order valence-corrected chi connectivity index (χ2v) is 7.79. The highest BCUT2D eigenvalue weighted by Crippen LogP contribution is 2.16. The average molecular weight is 397 g/mol. The van der Waals surface area contributed by atoms with Gasteiger partial charge in [0.25, 0.3) is 0 Å². The van der Waals surface area contributed by atoms with Gasteiger partial charge >= 0.3 is 6.03 Å². The molecule has 0 spiro atoms. The molecule has 1 unspecified atom stereocenters. The van der Waals surface area contributed by atoms with Crippen LogP contribution in [0, 0.1) is 0 Å². The van der Waals surface area contributed by atoms with E-state index in [-0.39, 0.29) is 12.2 Å². The summed E-state index contributed by atoms with van der Waals surface area (Å²) in [5, 5.41) is 2.38. The Morgan fingerprint density at radius 3 is 2.08 bits per heavy atom. The zero-order chi connectivity index (χ0) is 19.2. The molecule has 1 atom stereocenters. The van der Waals surface area contributed by atoms with Gasteiger partial charge < -0.3 is 20.3 Å². The second kappa shape index (κ2) is 8.65. The third-order valence-electron chi connectivity index (χ3n) is 3.24. The Kier molecular flexibility index (Phi) is 6.55. The van der Waals surface area contributed by atoms with Crippen molar-refractivity contribution in [1.82, 2.24) is 0 Å². The molecule has 0 aromatic heterocycles. The average Bonchev–Trinajstić information content (AvgIpc) is 2.55. The highest BCUT2D eigenvalue weighted by molar-refractivity contribution is 7.92. The Morgan fingerprint density at radius 1 is 1.00 bits per heavy atom. The highest BCUT2D eigenvalue weighted by Gasteiger charge is 2.11. The van der Waals surface area contributed by atoms with E-state index in [0.717, 1.165) is 5.56 Å². The van der Waals surface area contributed by atoms with Gasteiger partial charge in [0.15, 0.2) is 0 Å². The first kappa shape index (κ1) is 19.7. The Bertz CT molecular complexity index is 883. The lowest BCUT2D eigenvalue weighted by atomic mass is 10.2. The molecule has 2 amide bonds. The Balaban J connectivity index is 1.92. The number of aryl methyl sites for hydroxylation is 1. The van der Waals surface area contributed by atoms with Crippen molar-refractivity contribution >= 4 is 44.4 Å². The number of rotatable bonds is 8. The van der Waals surface area contributed by atoms with Crippen molar-refractivity contribution in [3.05, 3.63) is 54.1 Å². The van der Waals surface area contributed by atoms with E-state index in [2.05, 4.69) is 14.8 Å². The van der Waals surface area contributed by atoms with E-state index in [1.165, 1.54) is 24.3 Å². The molecule has 5 N–H and O–H groups in total. The second-order valence-electron chi connectivity index (χ2n) is 5.27. The topological polar surface area (TPSA) is 153 Å². The quantitative estimate of drug-likeness (QED) is 0.495. The van der Waals surface area contributed by atoms with E-state index in [9.17, 15) is 22.0 Å². The summed E-state index contributed by atoms with van der Waals surface area (Å²) in [6, 6.07) is 11.7. The van der Waals surface area contributed by atoms with Crippen molar-refractivity contribution in [1.29, 1.82) is 0 Å². The van der Waals surface area contributed by atoms with Crippen LogP contribution in [-0.4, -0.2) is 29.0 Å². The van der Waals surface area contributed by atoms with E-state index in [0.29, 0.717) is 17.1 Å². The number of carbonyl (C=O) groups is 1. The van der Waals surface area contributed by atoms with Gasteiger partial charge in [0, 0.05) is 28.3 Å². The van der Waals surface area contributed by atoms with Crippen LogP contribution in [0.5, 0.6) is 0 Å². The van der Waals surface area contributed by atoms with Crippen molar-refractivity contribution < 1.29 is 22.0 Å². The van der Waals surface area contributed by atoms with Gasteiger partial charge in [0.1, 0.15) is 0 Å². The summed E-state index contributed by atoms with van der Waals surface area (Å²) >= 11 is -2.40. The van der Waals surface area contributed by atoms with Gasteiger partial charge in [0.2, 0.25) is 10.0 Å². The molecule has 0 fully saturated rings. The Labute approximate surface area is 153 Å². The fraction of sp³-hybridized carbons (Fsp3) is 0.133. The molecule has 0 saturated heterocycles. The van der Waals surface area contributed by atoms with Gasteiger partial charge in [-0.1, -0.05) is 12.1 Å². The van der Waals surface area contributed by atoms with Gasteiger partial charge in [0.05, 0.1) is 5.75 Å². The zero-order valence-electron chi connectivity index (χ0n) is 13.5. The highest BCUT2D eigenvalue weighted by atomic mass is 32.2. The molecular formula is C15H17N4O5S2-. The maximum atomic E-state index is 12.2. The molecule has 9 nitrogen and oxygen atoms in total. The summed E-state index contributed by atoms with van der Waals surface area (Å²) in [4.78, 5) is 10.7. The molecule has 0 aliphatic heterocycles. The largest absolute Gasteiger partial charge is 0.755 e. The summed E-state index contributed by atoms with van der Waals surface area (Å²) in [6.45, 7) is 0. The van der Waals surface area contributed by atoms with Crippen molar-refractivity contribution in [3.8, 4) is 0 Å². The predicted octanol–water partition coefficient (Wildman–Crippen LogP) is 1.37. The van der Waals surface area contributed by atoms with Crippen LogP contribution in [0.4, 0.5) is 21.9 Å². The van der Waals surface area contributed by atoms with Gasteiger partial charge in [-0.25, -0.2) is 13.2 Å². The van der Waals surface area contributed by atoms with Gasteiger partial charge in [-0.2, -0.15) is 0 Å². The molecule has 26 heavy (non-hydrogen) atoms. The molecule has 0 aliphatic carbocycles. The number of benzene rings is 2. The van der Waals surface area contributed by atoms with Crippen molar-refractivity contribution in [2.75, 3.05) is 20.5 Å². The number of urea groups is 1. The van der Waals surface area contributed by atoms with E-state index >= 15 is 0 Å². The van der Waals surface area contributed by atoms with Crippen LogP contribution in [-0.2, 0) is 27.7 Å². The number of carbonyl (C=O) groups excluding carboxylic acids is 1. The predicted molar refractivity (Wildman–Crippen MR) is 99.7 cm³/mol. The minimum absolute atomic E-state index is 0.144. The van der Waals surface area contributed by atoms with Crippen molar-refractivity contribution in [2.45, 2.75) is 6.42 Å². The molecule has 2 aromatic rings. The standard InChI is InChI=1S/C15H18N4O5S2/c16-15(20)17-12-5-7-14(8-6-12)19-26(23,24)10-9-11-1-3-13(4-2-11)18-25(21)22/h1-8,18-19H,9-10H2,(H,21,22)(H3,16,17,20)/p-1. The maximum Gasteiger partial charge on any atom is 0.316 e. The number of hydrogen-bond donors (Lipinski definition) is 4. The van der Waals surface area contributed by atoms with Crippen LogP contribution >= 0.6 is 0 Å². The molecule has 2 rings (SSSR count). The lowest BCUT2D eigenvalue weighted by Gasteiger charge is -2.10. The summed E-state index contributed by atoms with van der Waals surface area (Å²) in [5.41, 5.74) is 6.95. The number of amides is 2. The summed E-state index contributed by atoms with van der Waals surface area (Å²) < 4.78 is 50.0. The van der Waals surface area contributed by atoms with Crippen LogP contribution < -0.4 is 20.5 Å². The maximum absolute atomic E-state index is 12.2. The number of hydrogen-bond acceptors (Lipinski definition) is 5. The lowest BCUT2D eigenvalue weighted by molar-refractivity contribution is 0.259. The molecule has 0 heterocycles. The first-order valence-corrected chi connectivity index (χ1v) is 10.1.